The van der Waals surface area contributed by atoms with Crippen LogP contribution in [0.1, 0.15) is 29.7 Å². The molecule has 5 heteroatoms. The lowest BCUT2D eigenvalue weighted by molar-refractivity contribution is 0.0594. The minimum Gasteiger partial charge on any atom is -0.381 e. The van der Waals surface area contributed by atoms with Crippen LogP contribution in [0.5, 0.6) is 0 Å². The molecule has 0 aromatic carbocycles. The zero-order valence-electron chi connectivity index (χ0n) is 10.9. The van der Waals surface area contributed by atoms with Crippen LogP contribution in [0.3, 0.4) is 0 Å². The van der Waals surface area contributed by atoms with E-state index in [1.165, 1.54) is 0 Å². The van der Waals surface area contributed by atoms with Crippen LogP contribution in [0, 0.1) is 31.1 Å². The van der Waals surface area contributed by atoms with Gasteiger partial charge in [0.05, 0.1) is 12.3 Å². The van der Waals surface area contributed by atoms with Gasteiger partial charge in [-0.1, -0.05) is 0 Å². The third-order valence-corrected chi connectivity index (χ3v) is 3.38. The summed E-state index contributed by atoms with van der Waals surface area (Å²) in [6.45, 7) is 6.20. The summed E-state index contributed by atoms with van der Waals surface area (Å²) in [6, 6.07) is 2.20. The van der Waals surface area contributed by atoms with Crippen molar-refractivity contribution in [2.24, 2.45) is 5.92 Å². The van der Waals surface area contributed by atoms with Crippen LogP contribution in [0.4, 0.5) is 5.82 Å². The van der Waals surface area contributed by atoms with Crippen molar-refractivity contribution in [3.05, 3.63) is 16.8 Å². The summed E-state index contributed by atoms with van der Waals surface area (Å²) in [5.41, 5.74) is 2.30. The molecule has 1 aromatic rings. The highest BCUT2D eigenvalue weighted by atomic mass is 16.5. The quantitative estimate of drug-likeness (QED) is 0.880. The Bertz CT molecular complexity index is 461. The van der Waals surface area contributed by atoms with E-state index in [1.807, 2.05) is 13.8 Å². The fourth-order valence-corrected chi connectivity index (χ4v) is 2.08. The summed E-state index contributed by atoms with van der Waals surface area (Å²) in [4.78, 5) is 0. The number of nitrogens with zero attached hydrogens (tertiary/aromatic N) is 3. The molecule has 5 nitrogen and oxygen atoms in total. The second kappa shape index (κ2) is 5.78. The van der Waals surface area contributed by atoms with Gasteiger partial charge < -0.3 is 10.1 Å². The van der Waals surface area contributed by atoms with Crippen molar-refractivity contribution in [1.29, 1.82) is 5.26 Å². The van der Waals surface area contributed by atoms with E-state index in [0.29, 0.717) is 17.3 Å². The number of rotatable bonds is 3. The summed E-state index contributed by atoms with van der Waals surface area (Å²) in [7, 11) is 0. The van der Waals surface area contributed by atoms with E-state index in [2.05, 4.69) is 21.6 Å². The monoisotopic (exact) mass is 246 g/mol. The first-order valence-corrected chi connectivity index (χ1v) is 6.28. The number of ether oxygens (including phenoxy) is 1. The van der Waals surface area contributed by atoms with E-state index in [0.717, 1.165) is 43.9 Å². The van der Waals surface area contributed by atoms with E-state index < -0.39 is 0 Å². The van der Waals surface area contributed by atoms with Crippen molar-refractivity contribution in [1.82, 2.24) is 10.2 Å². The molecule has 2 rings (SSSR count). The topological polar surface area (TPSA) is 70.8 Å². The second-order valence-electron chi connectivity index (χ2n) is 4.71. The lowest BCUT2D eigenvalue weighted by atomic mass is 10.0. The number of nitriles is 1. The van der Waals surface area contributed by atoms with Crippen molar-refractivity contribution in [3.63, 3.8) is 0 Å². The predicted octanol–water partition coefficient (Wildman–Crippen LogP) is 1.80. The van der Waals surface area contributed by atoms with E-state index in [9.17, 15) is 5.26 Å². The molecule has 2 heterocycles. The van der Waals surface area contributed by atoms with Crippen molar-refractivity contribution in [3.8, 4) is 6.07 Å². The molecule has 96 valence electrons. The Balaban J connectivity index is 2.05. The molecule has 0 amide bonds. The van der Waals surface area contributed by atoms with Gasteiger partial charge in [0.25, 0.3) is 0 Å². The fraction of sp³-hybridized carbons (Fsp3) is 0.615. The van der Waals surface area contributed by atoms with E-state index >= 15 is 0 Å². The molecule has 0 spiro atoms. The molecule has 1 fully saturated rings. The lowest BCUT2D eigenvalue weighted by Crippen LogP contribution is -2.25. The van der Waals surface area contributed by atoms with Crippen LogP contribution in [-0.2, 0) is 4.74 Å². The SMILES string of the molecule is Cc1nnc(NCC2CCCOC2)c(C#N)c1C. The summed E-state index contributed by atoms with van der Waals surface area (Å²) in [5.74, 6) is 1.08. The largest absolute Gasteiger partial charge is 0.381 e. The smallest absolute Gasteiger partial charge is 0.166 e. The first-order valence-electron chi connectivity index (χ1n) is 6.28. The Kier molecular flexibility index (Phi) is 4.11. The van der Waals surface area contributed by atoms with Gasteiger partial charge >= 0.3 is 0 Å². The molecule has 18 heavy (non-hydrogen) atoms. The standard InChI is InChI=1S/C13H18N4O/c1-9-10(2)16-17-13(12(9)6-14)15-7-11-4-3-5-18-8-11/h11H,3-5,7-8H2,1-2H3,(H,15,17). The van der Waals surface area contributed by atoms with Crippen LogP contribution in [0.2, 0.25) is 0 Å². The minimum absolute atomic E-state index is 0.494. The third-order valence-electron chi connectivity index (χ3n) is 3.38. The number of hydrogen-bond donors (Lipinski definition) is 1. The molecule has 0 bridgehead atoms. The molecular formula is C13H18N4O. The highest BCUT2D eigenvalue weighted by Crippen LogP contribution is 2.19. The van der Waals surface area contributed by atoms with Gasteiger partial charge in [0.2, 0.25) is 0 Å². The zero-order valence-corrected chi connectivity index (χ0v) is 10.9. The number of anilines is 1. The summed E-state index contributed by atoms with van der Waals surface area (Å²) in [6.07, 6.45) is 2.27. The second-order valence-corrected chi connectivity index (χ2v) is 4.71. The number of hydrogen-bond acceptors (Lipinski definition) is 5. The van der Waals surface area contributed by atoms with Crippen molar-refractivity contribution in [2.75, 3.05) is 25.1 Å². The van der Waals surface area contributed by atoms with Gasteiger partial charge in [0.15, 0.2) is 5.82 Å². The summed E-state index contributed by atoms with van der Waals surface area (Å²) >= 11 is 0. The van der Waals surface area contributed by atoms with E-state index in [-0.39, 0.29) is 0 Å². The Morgan fingerprint density at radius 1 is 1.44 bits per heavy atom. The minimum atomic E-state index is 0.494. The Hall–Kier alpha value is -1.67. The maximum Gasteiger partial charge on any atom is 0.166 e. The zero-order chi connectivity index (χ0) is 13.0. The van der Waals surface area contributed by atoms with Crippen LogP contribution in [0.15, 0.2) is 0 Å². The highest BCUT2D eigenvalue weighted by Gasteiger charge is 2.16. The number of aromatic nitrogens is 2. The average Bonchev–Trinajstić information content (AvgIpc) is 2.41. The van der Waals surface area contributed by atoms with Crippen LogP contribution in [-0.4, -0.2) is 30.0 Å². The highest BCUT2D eigenvalue weighted by molar-refractivity contribution is 5.55. The maximum atomic E-state index is 9.18. The van der Waals surface area contributed by atoms with Crippen molar-refractivity contribution in [2.45, 2.75) is 26.7 Å². The maximum absolute atomic E-state index is 9.18. The first-order chi connectivity index (χ1) is 8.72. The van der Waals surface area contributed by atoms with Gasteiger partial charge in [0.1, 0.15) is 11.6 Å². The summed E-state index contributed by atoms with van der Waals surface area (Å²) < 4.78 is 5.43. The van der Waals surface area contributed by atoms with Gasteiger partial charge in [-0.2, -0.15) is 10.4 Å². The van der Waals surface area contributed by atoms with Gasteiger partial charge in [-0.05, 0) is 38.2 Å². The molecule has 1 unspecified atom stereocenters. The molecule has 1 aromatic heterocycles. The molecule has 1 saturated heterocycles. The molecule has 0 radical (unpaired) electrons. The van der Waals surface area contributed by atoms with Crippen LogP contribution < -0.4 is 5.32 Å². The molecule has 1 aliphatic rings. The van der Waals surface area contributed by atoms with E-state index in [4.69, 9.17) is 4.74 Å². The number of nitrogens with one attached hydrogen (secondary N) is 1. The normalized spacial score (nSPS) is 19.3. The Morgan fingerprint density at radius 2 is 2.28 bits per heavy atom. The molecular weight excluding hydrogens is 228 g/mol. The van der Waals surface area contributed by atoms with Gasteiger partial charge in [-0.25, -0.2) is 0 Å². The average molecular weight is 246 g/mol. The van der Waals surface area contributed by atoms with Gasteiger partial charge in [-0.3, -0.25) is 0 Å². The van der Waals surface area contributed by atoms with Crippen molar-refractivity contribution < 1.29 is 4.74 Å². The van der Waals surface area contributed by atoms with Gasteiger partial charge in [-0.15, -0.1) is 5.10 Å². The summed E-state index contributed by atoms with van der Waals surface area (Å²) in [5, 5.41) is 20.5. The van der Waals surface area contributed by atoms with Crippen LogP contribution in [0.25, 0.3) is 0 Å². The molecule has 1 N–H and O–H groups in total. The Labute approximate surface area is 107 Å². The first kappa shape index (κ1) is 12.8. The third kappa shape index (κ3) is 2.77. The van der Waals surface area contributed by atoms with Crippen molar-refractivity contribution >= 4 is 5.82 Å². The molecule has 1 atom stereocenters. The molecule has 0 aliphatic carbocycles. The molecule has 0 saturated carbocycles. The fourth-order valence-electron chi connectivity index (χ4n) is 2.08. The van der Waals surface area contributed by atoms with Gasteiger partial charge in [0, 0.05) is 13.2 Å². The van der Waals surface area contributed by atoms with E-state index in [1.54, 1.807) is 0 Å². The lowest BCUT2D eigenvalue weighted by Gasteiger charge is -2.22. The van der Waals surface area contributed by atoms with Crippen LogP contribution >= 0.6 is 0 Å². The number of aryl methyl sites for hydroxylation is 1. The molecule has 1 aliphatic heterocycles. The Morgan fingerprint density at radius 3 is 2.94 bits per heavy atom. The predicted molar refractivity (Wildman–Crippen MR) is 68.3 cm³/mol.